The summed E-state index contributed by atoms with van der Waals surface area (Å²) in [5.41, 5.74) is 8.07. The maximum atomic E-state index is 6.48. The van der Waals surface area contributed by atoms with Gasteiger partial charge in [-0.15, -0.1) is 0 Å². The van der Waals surface area contributed by atoms with E-state index in [9.17, 15) is 0 Å². The second-order valence-electron chi connectivity index (χ2n) is 10.0. The molecule has 4 aromatic carbocycles. The Hall–Kier alpha value is -3.53. The van der Waals surface area contributed by atoms with Crippen LogP contribution >= 0.6 is 23.2 Å². The summed E-state index contributed by atoms with van der Waals surface area (Å²) in [7, 11) is 0. The summed E-state index contributed by atoms with van der Waals surface area (Å²) in [6, 6.07) is 28.9. The summed E-state index contributed by atoms with van der Waals surface area (Å²) in [6.07, 6.45) is 7.64. The smallest absolute Gasteiger partial charge is 0.138 e. The van der Waals surface area contributed by atoms with Crippen LogP contribution in [0.4, 0.5) is 11.4 Å². The van der Waals surface area contributed by atoms with Gasteiger partial charge in [0.05, 0.1) is 16.8 Å². The molecule has 1 N–H and O–H groups in total. The third-order valence-corrected chi connectivity index (χ3v) is 7.90. The second-order valence-corrected chi connectivity index (χ2v) is 10.9. The molecular weight excluding hydrogens is 511 g/mol. The summed E-state index contributed by atoms with van der Waals surface area (Å²) in [6.45, 7) is 2.57. The van der Waals surface area contributed by atoms with Crippen LogP contribution in [0.5, 0.6) is 5.75 Å². The number of hydrogen-bond acceptors (Lipinski definition) is 3. The van der Waals surface area contributed by atoms with Crippen LogP contribution in [0.2, 0.25) is 10.0 Å². The Morgan fingerprint density at radius 3 is 2.66 bits per heavy atom. The average Bonchev–Trinajstić information content (AvgIpc) is 3.42. The molecule has 3 atom stereocenters. The first kappa shape index (κ1) is 24.8. The Balaban J connectivity index is 1.13. The zero-order valence-corrected chi connectivity index (χ0v) is 22.6. The highest BCUT2D eigenvalue weighted by Gasteiger charge is 2.37. The number of aryl methyl sites for hydroxylation is 1. The number of benzene rings is 4. The number of fused-ring (bicyclic) bond motifs is 3. The first-order valence-corrected chi connectivity index (χ1v) is 13.6. The number of aliphatic imine (C=N–C) groups is 1. The van der Waals surface area contributed by atoms with Crippen LogP contribution in [0.1, 0.15) is 46.2 Å². The number of rotatable bonds is 6. The predicted molar refractivity (Wildman–Crippen MR) is 158 cm³/mol. The fraction of sp³-hybridized carbons (Fsp3) is 0.182. The van der Waals surface area contributed by atoms with Crippen LogP contribution in [0.15, 0.2) is 102 Å². The Kier molecular flexibility index (Phi) is 6.97. The summed E-state index contributed by atoms with van der Waals surface area (Å²) in [4.78, 5) is 4.68. The normalized spacial score (nSPS) is 19.7. The highest BCUT2D eigenvalue weighted by molar-refractivity contribution is 6.32. The van der Waals surface area contributed by atoms with Crippen molar-refractivity contribution in [3.8, 4) is 5.75 Å². The van der Waals surface area contributed by atoms with Gasteiger partial charge in [0.15, 0.2) is 0 Å². The van der Waals surface area contributed by atoms with Gasteiger partial charge in [0.25, 0.3) is 0 Å². The van der Waals surface area contributed by atoms with Crippen molar-refractivity contribution in [2.45, 2.75) is 31.9 Å². The highest BCUT2D eigenvalue weighted by Crippen LogP contribution is 2.50. The maximum Gasteiger partial charge on any atom is 0.138 e. The van der Waals surface area contributed by atoms with Gasteiger partial charge in [-0.1, -0.05) is 77.3 Å². The van der Waals surface area contributed by atoms with Gasteiger partial charge >= 0.3 is 0 Å². The molecule has 0 spiro atoms. The molecular formula is C33H28Cl2N2O. The van der Waals surface area contributed by atoms with Crippen molar-refractivity contribution < 1.29 is 4.74 Å². The quantitative estimate of drug-likeness (QED) is 0.196. The zero-order chi connectivity index (χ0) is 26.1. The van der Waals surface area contributed by atoms with Gasteiger partial charge in [-0.2, -0.15) is 0 Å². The average molecular weight is 540 g/mol. The third kappa shape index (κ3) is 5.22. The standard InChI is InChI=1S/C33H28Cl2N2O/c1-21-8-14-31-29(16-21)27-6-3-7-28(27)33(37-31)24-10-12-26(13-11-24)36-19-22-9-15-32(30(35)18-22)38-20-23-4-2-5-25(34)17-23/h2-6,8-19,27-28,33,37H,7,20H2,1H3/t27-,28-,33+/m1/s1. The van der Waals surface area contributed by atoms with Crippen molar-refractivity contribution in [3.63, 3.8) is 0 Å². The van der Waals surface area contributed by atoms with Crippen LogP contribution in [0.25, 0.3) is 0 Å². The van der Waals surface area contributed by atoms with E-state index in [4.69, 9.17) is 27.9 Å². The predicted octanol–water partition coefficient (Wildman–Crippen LogP) is 9.46. The largest absolute Gasteiger partial charge is 0.487 e. The molecule has 1 aliphatic carbocycles. The molecule has 0 aromatic heterocycles. The van der Waals surface area contributed by atoms with Gasteiger partial charge in [-0.25, -0.2) is 0 Å². The number of nitrogens with one attached hydrogen (secondary N) is 1. The van der Waals surface area contributed by atoms with Crippen molar-refractivity contribution in [3.05, 3.63) is 135 Å². The van der Waals surface area contributed by atoms with Gasteiger partial charge in [0.1, 0.15) is 12.4 Å². The number of nitrogens with zero attached hydrogens (tertiary/aromatic N) is 1. The van der Waals surface area contributed by atoms with E-state index < -0.39 is 0 Å². The molecule has 0 amide bonds. The highest BCUT2D eigenvalue weighted by atomic mass is 35.5. The molecule has 5 heteroatoms. The van der Waals surface area contributed by atoms with Gasteiger partial charge in [-0.05, 0) is 90.0 Å². The zero-order valence-electron chi connectivity index (χ0n) is 21.1. The molecule has 2 aliphatic rings. The minimum absolute atomic E-state index is 0.279. The molecule has 3 nitrogen and oxygen atoms in total. The lowest BCUT2D eigenvalue weighted by Crippen LogP contribution is -2.29. The fourth-order valence-electron chi connectivity index (χ4n) is 5.46. The Bertz CT molecular complexity index is 1530. The molecule has 0 bridgehead atoms. The molecule has 0 unspecified atom stereocenters. The molecule has 0 fully saturated rings. The maximum absolute atomic E-state index is 6.48. The van der Waals surface area contributed by atoms with E-state index in [1.165, 1.54) is 22.4 Å². The first-order valence-electron chi connectivity index (χ1n) is 12.9. The topological polar surface area (TPSA) is 33.6 Å². The van der Waals surface area contributed by atoms with Crippen molar-refractivity contribution in [1.29, 1.82) is 0 Å². The van der Waals surface area contributed by atoms with Crippen molar-refractivity contribution in [2.24, 2.45) is 10.9 Å². The van der Waals surface area contributed by atoms with Gasteiger partial charge < -0.3 is 10.1 Å². The number of halogens is 2. The van der Waals surface area contributed by atoms with E-state index in [2.05, 4.69) is 71.8 Å². The molecule has 1 heterocycles. The molecule has 0 saturated carbocycles. The minimum atomic E-state index is 0.279. The number of allylic oxidation sites excluding steroid dienone is 2. The summed E-state index contributed by atoms with van der Waals surface area (Å²) in [5, 5.41) is 5.05. The summed E-state index contributed by atoms with van der Waals surface area (Å²) in [5.74, 6) is 1.63. The fourth-order valence-corrected chi connectivity index (χ4v) is 5.92. The Morgan fingerprint density at radius 2 is 1.84 bits per heavy atom. The van der Waals surface area contributed by atoms with E-state index >= 15 is 0 Å². The summed E-state index contributed by atoms with van der Waals surface area (Å²) < 4.78 is 5.88. The van der Waals surface area contributed by atoms with Gasteiger partial charge in [-0.3, -0.25) is 4.99 Å². The van der Waals surface area contributed by atoms with E-state index in [0.29, 0.717) is 34.2 Å². The Labute approximate surface area is 233 Å². The van der Waals surface area contributed by atoms with E-state index in [1.807, 2.05) is 48.7 Å². The van der Waals surface area contributed by atoms with Crippen LogP contribution in [-0.2, 0) is 6.61 Å². The van der Waals surface area contributed by atoms with Crippen molar-refractivity contribution in [2.75, 3.05) is 5.32 Å². The molecule has 190 valence electrons. The van der Waals surface area contributed by atoms with Crippen molar-refractivity contribution in [1.82, 2.24) is 0 Å². The van der Waals surface area contributed by atoms with Gasteiger partial charge in [0, 0.05) is 22.8 Å². The number of ether oxygens (including phenoxy) is 1. The van der Waals surface area contributed by atoms with E-state index in [0.717, 1.165) is 23.2 Å². The molecule has 38 heavy (non-hydrogen) atoms. The molecule has 0 radical (unpaired) electrons. The third-order valence-electron chi connectivity index (χ3n) is 7.37. The monoisotopic (exact) mass is 538 g/mol. The first-order chi connectivity index (χ1) is 18.5. The minimum Gasteiger partial charge on any atom is -0.487 e. The summed E-state index contributed by atoms with van der Waals surface area (Å²) >= 11 is 12.5. The van der Waals surface area contributed by atoms with Gasteiger partial charge in [0.2, 0.25) is 0 Å². The molecule has 4 aromatic rings. The lowest BCUT2D eigenvalue weighted by atomic mass is 9.76. The van der Waals surface area contributed by atoms with Crippen molar-refractivity contribution >= 4 is 40.8 Å². The van der Waals surface area contributed by atoms with Crippen LogP contribution in [0.3, 0.4) is 0 Å². The molecule has 6 rings (SSSR count). The van der Waals surface area contributed by atoms with E-state index in [1.54, 1.807) is 0 Å². The second kappa shape index (κ2) is 10.7. The van der Waals surface area contributed by atoms with E-state index in [-0.39, 0.29) is 6.04 Å². The SMILES string of the molecule is Cc1ccc2c(c1)[C@@H]1C=CC[C@H]1[C@H](c1ccc(N=Cc3ccc(OCc4cccc(Cl)c4)c(Cl)c3)cc1)N2. The molecule has 0 saturated heterocycles. The van der Waals surface area contributed by atoms with Crippen LogP contribution < -0.4 is 10.1 Å². The number of hydrogen-bond donors (Lipinski definition) is 1. The number of anilines is 1. The van der Waals surface area contributed by atoms with Crippen LogP contribution in [-0.4, -0.2) is 6.21 Å². The van der Waals surface area contributed by atoms with Crippen LogP contribution in [0, 0.1) is 12.8 Å². The lowest BCUT2D eigenvalue weighted by molar-refractivity contribution is 0.306. The lowest BCUT2D eigenvalue weighted by Gasteiger charge is -2.37. The molecule has 1 aliphatic heterocycles. The Morgan fingerprint density at radius 1 is 0.974 bits per heavy atom.